The average molecular weight is 1590 g/mol. The molecule has 1 unspecified atom stereocenters. The predicted molar refractivity (Wildman–Crippen MR) is 384 cm³/mol. The third-order valence-electron chi connectivity index (χ3n) is 19.3. The molecule has 5 aliphatic heterocycles. The van der Waals surface area contributed by atoms with Crippen LogP contribution in [0, 0.1) is 17.8 Å². The molecule has 0 saturated carbocycles. The molecule has 0 spiro atoms. The third-order valence-corrected chi connectivity index (χ3v) is 22.3. The maximum Gasteiger partial charge on any atom is 0.459 e. The Kier molecular flexibility index (Phi) is 26.4. The van der Waals surface area contributed by atoms with Gasteiger partial charge < -0.3 is 76.1 Å². The second-order valence-electron chi connectivity index (χ2n) is 27.1. The minimum atomic E-state index is -4.28. The zero-order chi connectivity index (χ0) is 78.0. The lowest BCUT2D eigenvalue weighted by molar-refractivity contribution is -0.150. The molecule has 5 aliphatic rings. The molecule has 40 heteroatoms. The number of benzene rings is 1. The number of imidazole rings is 3. The quantitative estimate of drug-likeness (QED) is 0.0127. The van der Waals surface area contributed by atoms with Gasteiger partial charge in [0.05, 0.1) is 50.5 Å². The molecule has 1 aromatic carbocycles. The number of para-hydroxylation sites is 1. The molecule has 12 rings (SSSR count). The molecular formula is C65H96BrClF5N18O14P. The molecular weight excluding hydrogens is 1500 g/mol. The first kappa shape index (κ1) is 83.5. The summed E-state index contributed by atoms with van der Waals surface area (Å²) in [6.07, 6.45) is -3.24. The largest absolute Gasteiger partial charge is 0.462 e. The number of nitrogens with one attached hydrogen (secondary N) is 3. The number of rotatable bonds is 18. The van der Waals surface area contributed by atoms with E-state index >= 15 is 8.78 Å². The molecule has 5 fully saturated rings. The number of hydrogen-bond acceptors (Lipinski definition) is 28. The first-order valence-electron chi connectivity index (χ1n) is 34.0. The lowest BCUT2D eigenvalue weighted by atomic mass is 9.88. The van der Waals surface area contributed by atoms with Crippen molar-refractivity contribution in [3.05, 3.63) is 54.5 Å². The Morgan fingerprint density at radius 1 is 0.657 bits per heavy atom. The molecule has 0 aliphatic carbocycles. The topological polar surface area (TPSA) is 431 Å². The van der Waals surface area contributed by atoms with Gasteiger partial charge in [0.15, 0.2) is 80.5 Å². The smallest absolute Gasteiger partial charge is 0.459 e. The van der Waals surface area contributed by atoms with Crippen LogP contribution in [0.4, 0.5) is 51.4 Å². The van der Waals surface area contributed by atoms with Crippen molar-refractivity contribution in [1.29, 1.82) is 0 Å². The van der Waals surface area contributed by atoms with Gasteiger partial charge in [-0.05, 0) is 86.8 Å². The van der Waals surface area contributed by atoms with Crippen LogP contribution in [-0.2, 0) is 47.1 Å². The van der Waals surface area contributed by atoms with Crippen LogP contribution in [0.5, 0.6) is 5.75 Å². The van der Waals surface area contributed by atoms with Crippen LogP contribution in [0.1, 0.15) is 136 Å². The van der Waals surface area contributed by atoms with Crippen molar-refractivity contribution < 1.29 is 90.3 Å². The van der Waals surface area contributed by atoms with Gasteiger partial charge in [0.1, 0.15) is 58.5 Å². The van der Waals surface area contributed by atoms with Crippen molar-refractivity contribution in [3.63, 3.8) is 0 Å². The van der Waals surface area contributed by atoms with Gasteiger partial charge >= 0.3 is 19.7 Å². The number of carbonyl (C=O) groups excluding carboxylic acids is 2. The summed E-state index contributed by atoms with van der Waals surface area (Å²) in [5, 5.41) is 37.9. The van der Waals surface area contributed by atoms with E-state index in [1.807, 2.05) is 34.6 Å². The predicted octanol–water partition coefficient (Wildman–Crippen LogP) is 9.55. The maximum atomic E-state index is 16.0. The molecule has 5 saturated heterocycles. The van der Waals surface area contributed by atoms with Gasteiger partial charge in [0.25, 0.3) is 0 Å². The molecule has 105 heavy (non-hydrogen) atoms. The van der Waals surface area contributed by atoms with Gasteiger partial charge in [-0.25, -0.2) is 46.3 Å². The molecule has 584 valence electrons. The lowest BCUT2D eigenvalue weighted by Crippen LogP contribution is -2.41. The van der Waals surface area contributed by atoms with Crippen LogP contribution >= 0.6 is 35.3 Å². The van der Waals surface area contributed by atoms with E-state index in [-0.39, 0.29) is 77.5 Å². The number of aliphatic hydroxyl groups is 3. The fourth-order valence-electron chi connectivity index (χ4n) is 12.4. The standard InChI is InChI=1S/C24H33FN7O7P.C13H17ClFN5O.C12H17FN6O3.C8H14BrFO.C8H13FO2.H2/c1-13(2)37-21(34)14(3)31-40(35,39-15-9-7-6-8-10-15)36-11-16-18(33)24(4,25)22(38-16)32-12-28-17-19(27-5)29-23(26)30-20(17)32;1-4-7-6(2)13(3,15)11(21-7)20-5-17-8-9(14)18-12(16)19-10(8)20;1-12(13)7(21)5(3-20)22-10(12)19-4-16-6-8(15-2)17-11(14)18-9(6)19;1-4-6-5(2)8(3,10)7(9)11-6;1-4-6-5(2)8(3,9)7(10)11-6;/h6-10,12-14,16,18,22,33H,11H2,1-5H3,(H,31,35)(H3,26,27,29,30);5-7,11H,4H2,1-3H3,(H2,16,18,19);4-5,7,10,20-21H,3H2,1-2H3,(H3,14,15,17,18);5-7H,4H2,1-3H3;5-6H,4H2,1-3H3;1H/t14-,16+,18+,22+,24+,40?;6-,7-,11-,13-;5-,7-,10-,12-;5-,6-,7+,8-;5-,6-,8-;/m01111./s1. The van der Waals surface area contributed by atoms with Crippen LogP contribution < -0.4 is 37.4 Å². The SMILES string of the molecule is CC[C@H]1OC(=O)[C@](C)(F)[C@@H]1C.CC[C@H]1O[C@@H](n2cnc3c(Cl)nc(N)nc32)[C@](C)(F)[C@@H]1C.CC[C@H]1O[C@H](Br)[C@](C)(F)[C@@H]1C.CNc1nc(N)nc2c1ncn2[C@@H]1O[C@H](CO)[C@@H](O)[C@@]1(C)F.CNc1nc(N)nc2c1ncn2[C@@H]1O[C@H](COP(=O)(N[C@@H](C)C(=O)OC(C)C)Oc2ccccc2)[C@@H](O)[C@@]1(C)F.[HH]. The van der Waals surface area contributed by atoms with Crippen molar-refractivity contribution in [2.45, 2.75) is 223 Å². The van der Waals surface area contributed by atoms with E-state index in [0.29, 0.717) is 40.3 Å². The van der Waals surface area contributed by atoms with Crippen molar-refractivity contribution in [1.82, 2.24) is 63.6 Å². The Morgan fingerprint density at radius 3 is 1.49 bits per heavy atom. The number of nitrogen functional groups attached to an aromatic ring is 3. The minimum Gasteiger partial charge on any atom is -0.462 e. The van der Waals surface area contributed by atoms with E-state index in [9.17, 15) is 42.6 Å². The van der Waals surface area contributed by atoms with E-state index in [1.165, 1.54) is 55.8 Å². The van der Waals surface area contributed by atoms with Gasteiger partial charge in [-0.3, -0.25) is 23.0 Å². The molecule has 11 heterocycles. The average Bonchev–Trinajstić information content (AvgIpc) is 1.60. The normalized spacial score (nSPS) is 32.8. The first-order chi connectivity index (χ1) is 49.1. The van der Waals surface area contributed by atoms with Gasteiger partial charge in [0.2, 0.25) is 23.5 Å². The number of fused-ring (bicyclic) bond motifs is 3. The number of alkyl halides is 6. The number of aromatic nitrogens is 12. The van der Waals surface area contributed by atoms with Crippen molar-refractivity contribution >= 4 is 110 Å². The van der Waals surface area contributed by atoms with Gasteiger partial charge in [0, 0.05) is 33.3 Å². The summed E-state index contributed by atoms with van der Waals surface area (Å²) in [5.41, 5.74) is 9.99. The monoisotopic (exact) mass is 1590 g/mol. The van der Waals surface area contributed by atoms with E-state index in [0.717, 1.165) is 19.8 Å². The number of cyclic esters (lactones) is 1. The van der Waals surface area contributed by atoms with Crippen LogP contribution in [0.3, 0.4) is 0 Å². The third kappa shape index (κ3) is 17.4. The highest BCUT2D eigenvalue weighted by molar-refractivity contribution is 9.09. The molecule has 0 radical (unpaired) electrons. The molecule has 6 aromatic heterocycles. The Bertz CT molecular complexity index is 4200. The van der Waals surface area contributed by atoms with Crippen LogP contribution in [0.2, 0.25) is 5.15 Å². The van der Waals surface area contributed by atoms with E-state index in [2.05, 4.69) is 76.5 Å². The van der Waals surface area contributed by atoms with Crippen molar-refractivity contribution in [2.75, 3.05) is 55.1 Å². The summed E-state index contributed by atoms with van der Waals surface area (Å²) < 4.78 is 135. The summed E-state index contributed by atoms with van der Waals surface area (Å²) >= 11 is 9.18. The molecule has 32 nitrogen and oxygen atoms in total. The molecule has 0 amide bonds. The van der Waals surface area contributed by atoms with E-state index < -0.39 is 122 Å². The Morgan fingerprint density at radius 2 is 1.09 bits per heavy atom. The summed E-state index contributed by atoms with van der Waals surface area (Å²) in [4.78, 5) is 60.0. The molecule has 12 N–H and O–H groups in total. The summed E-state index contributed by atoms with van der Waals surface area (Å²) in [6.45, 7) is 21.8. The zero-order valence-corrected chi connectivity index (χ0v) is 64.2. The molecule has 0 bridgehead atoms. The fraction of sp³-hybridized carbons (Fsp3) is 0.646. The fourth-order valence-corrected chi connectivity index (χ4v) is 14.8. The van der Waals surface area contributed by atoms with Crippen molar-refractivity contribution in [3.8, 4) is 5.75 Å². The number of nitrogens with two attached hydrogens (primary N) is 3. The lowest BCUT2D eigenvalue weighted by Gasteiger charge is -2.25. The number of nitrogens with zero attached hydrogens (tertiary/aromatic N) is 12. The van der Waals surface area contributed by atoms with Gasteiger partial charge in [-0.15, -0.1) is 0 Å². The Hall–Kier alpha value is -7.10. The summed E-state index contributed by atoms with van der Waals surface area (Å²) in [5.74, 6) is -1.11. The Balaban J connectivity index is 0.000000202. The van der Waals surface area contributed by atoms with Crippen LogP contribution in [0.25, 0.3) is 33.5 Å². The highest BCUT2D eigenvalue weighted by atomic mass is 79.9. The molecule has 7 aromatic rings. The highest BCUT2D eigenvalue weighted by Crippen LogP contribution is 2.51. The highest BCUT2D eigenvalue weighted by Gasteiger charge is 2.58. The van der Waals surface area contributed by atoms with E-state index in [1.54, 1.807) is 76.7 Å². The van der Waals surface area contributed by atoms with Gasteiger partial charge in [-0.2, -0.15) is 35.0 Å². The number of halogens is 7. The summed E-state index contributed by atoms with van der Waals surface area (Å²) in [7, 11) is -1.01. The summed E-state index contributed by atoms with van der Waals surface area (Å²) in [6, 6.07) is 7.05. The van der Waals surface area contributed by atoms with E-state index in [4.69, 9.17) is 66.3 Å². The second kappa shape index (κ2) is 33.2. The Labute approximate surface area is 617 Å². The zero-order valence-electron chi connectivity index (χ0n) is 60.9. The van der Waals surface area contributed by atoms with Crippen molar-refractivity contribution in [2.24, 2.45) is 17.8 Å². The number of anilines is 5. The van der Waals surface area contributed by atoms with Crippen LogP contribution in [-0.4, -0.2) is 201 Å². The van der Waals surface area contributed by atoms with Crippen LogP contribution in [0.15, 0.2) is 49.3 Å². The number of ether oxygens (including phenoxy) is 6. The number of hydrogen-bond donors (Lipinski definition) is 9. The first-order valence-corrected chi connectivity index (χ1v) is 36.8. The van der Waals surface area contributed by atoms with Gasteiger partial charge in [-0.1, -0.05) is 87.3 Å². The molecule has 21 atom stereocenters. The second-order valence-corrected chi connectivity index (χ2v) is 30.0. The number of esters is 2. The minimum absolute atomic E-state index is 0. The maximum absolute atomic E-state index is 16.0. The number of aliphatic hydroxyl groups excluding tert-OH is 3. The number of carbonyl (C=O) groups is 2.